The van der Waals surface area contributed by atoms with E-state index in [-0.39, 0.29) is 19.4 Å². The summed E-state index contributed by atoms with van der Waals surface area (Å²) in [7, 11) is 0. The van der Waals surface area contributed by atoms with E-state index >= 15 is 0 Å². The maximum absolute atomic E-state index is 12.1. The van der Waals surface area contributed by atoms with Crippen LogP contribution in [-0.2, 0) is 47.7 Å². The molecular weight excluding hydrogens is 496 g/mol. The molecule has 1 aliphatic rings. The van der Waals surface area contributed by atoms with Gasteiger partial charge in [-0.2, -0.15) is 0 Å². The predicted octanol–water partition coefficient (Wildman–Crippen LogP) is 0.443. The van der Waals surface area contributed by atoms with Gasteiger partial charge in [0.1, 0.15) is 24.4 Å². The fourth-order valence-electron chi connectivity index (χ4n) is 3.71. The zero-order valence-corrected chi connectivity index (χ0v) is 22.0. The van der Waals surface area contributed by atoms with Gasteiger partial charge in [0.05, 0.1) is 12.1 Å². The highest BCUT2D eigenvalue weighted by atomic mass is 16.6. The van der Waals surface area contributed by atoms with E-state index in [1.54, 1.807) is 20.8 Å². The standard InChI is InChI=1S/C23H36N2O12/c1-11(26)24-18-16(9-8-15(21(30)31)25-22(32)37-23(5,6)7)36-17(10-33-12(2)27)19(34-13(3)28)20(18)35-14(4)29/h15-20H,8-10H2,1-7H3,(H,24,26)(H,25,32)(H,30,31)/t15-,16-,17+,18-,19-,20+/m0/s1. The first-order valence-corrected chi connectivity index (χ1v) is 11.6. The fraction of sp³-hybridized carbons (Fsp3) is 0.739. The summed E-state index contributed by atoms with van der Waals surface area (Å²) < 4.78 is 26.9. The zero-order valence-electron chi connectivity index (χ0n) is 22.0. The van der Waals surface area contributed by atoms with E-state index in [2.05, 4.69) is 10.6 Å². The summed E-state index contributed by atoms with van der Waals surface area (Å²) in [4.78, 5) is 71.0. The summed E-state index contributed by atoms with van der Waals surface area (Å²) in [5, 5.41) is 14.5. The zero-order chi connectivity index (χ0) is 28.5. The third kappa shape index (κ3) is 11.5. The number of esters is 3. The Bertz CT molecular complexity index is 868. The number of alkyl carbamates (subject to hydrolysis) is 1. The van der Waals surface area contributed by atoms with Crippen LogP contribution in [0.15, 0.2) is 0 Å². The van der Waals surface area contributed by atoms with Crippen LogP contribution in [0.2, 0.25) is 0 Å². The van der Waals surface area contributed by atoms with Crippen LogP contribution < -0.4 is 10.6 Å². The molecule has 0 unspecified atom stereocenters. The minimum atomic E-state index is -1.39. The number of carbonyl (C=O) groups excluding carboxylic acids is 5. The highest BCUT2D eigenvalue weighted by Crippen LogP contribution is 2.29. The van der Waals surface area contributed by atoms with E-state index in [9.17, 15) is 33.9 Å². The number of ether oxygens (including phenoxy) is 5. The molecule has 1 saturated heterocycles. The Morgan fingerprint density at radius 1 is 0.892 bits per heavy atom. The van der Waals surface area contributed by atoms with E-state index in [1.165, 1.54) is 6.92 Å². The van der Waals surface area contributed by atoms with Crippen LogP contribution in [0.3, 0.4) is 0 Å². The van der Waals surface area contributed by atoms with Crippen molar-refractivity contribution >= 4 is 35.9 Å². The molecule has 6 atom stereocenters. The first kappa shape index (κ1) is 31.6. The summed E-state index contributed by atoms with van der Waals surface area (Å²) in [5.74, 6) is -4.02. The van der Waals surface area contributed by atoms with Gasteiger partial charge >= 0.3 is 30.0 Å². The van der Waals surface area contributed by atoms with Gasteiger partial charge in [-0.3, -0.25) is 19.2 Å². The number of carbonyl (C=O) groups is 6. The molecular formula is C23H36N2O12. The molecule has 0 saturated carbocycles. The quantitative estimate of drug-likeness (QED) is 0.260. The van der Waals surface area contributed by atoms with Gasteiger partial charge in [-0.1, -0.05) is 0 Å². The van der Waals surface area contributed by atoms with Gasteiger partial charge in [0, 0.05) is 27.7 Å². The number of rotatable bonds is 10. The molecule has 1 heterocycles. The van der Waals surface area contributed by atoms with Gasteiger partial charge in [0.2, 0.25) is 5.91 Å². The number of hydrogen-bond acceptors (Lipinski definition) is 11. The van der Waals surface area contributed by atoms with Crippen molar-refractivity contribution in [2.24, 2.45) is 0 Å². The third-order valence-corrected chi connectivity index (χ3v) is 4.95. The fourth-order valence-corrected chi connectivity index (χ4v) is 3.71. The van der Waals surface area contributed by atoms with Crippen molar-refractivity contribution < 1.29 is 57.6 Å². The molecule has 1 fully saturated rings. The summed E-state index contributed by atoms with van der Waals surface area (Å²) in [6.07, 6.45) is -5.82. The topological polar surface area (TPSA) is 193 Å². The molecule has 0 radical (unpaired) electrons. The number of carboxylic acid groups (broad SMARTS) is 1. The second-order valence-corrected chi connectivity index (χ2v) is 9.50. The normalized spacial score (nSPS) is 24.1. The van der Waals surface area contributed by atoms with E-state index < -0.39 is 78.0 Å². The number of amides is 2. The van der Waals surface area contributed by atoms with Gasteiger partial charge in [-0.25, -0.2) is 9.59 Å². The molecule has 0 aromatic carbocycles. The van der Waals surface area contributed by atoms with Crippen molar-refractivity contribution in [3.05, 3.63) is 0 Å². The van der Waals surface area contributed by atoms with Crippen LogP contribution in [0.4, 0.5) is 4.79 Å². The highest BCUT2D eigenvalue weighted by Gasteiger charge is 2.50. The smallest absolute Gasteiger partial charge is 0.408 e. The van der Waals surface area contributed by atoms with Gasteiger partial charge < -0.3 is 39.4 Å². The summed E-state index contributed by atoms with van der Waals surface area (Å²) >= 11 is 0. The van der Waals surface area contributed by atoms with Crippen molar-refractivity contribution in [2.45, 2.75) is 103 Å². The molecule has 0 bridgehead atoms. The maximum atomic E-state index is 12.1. The molecule has 14 nitrogen and oxygen atoms in total. The third-order valence-electron chi connectivity index (χ3n) is 4.95. The second kappa shape index (κ2) is 13.8. The Morgan fingerprint density at radius 3 is 1.92 bits per heavy atom. The Labute approximate surface area is 214 Å². The molecule has 1 aliphatic heterocycles. The minimum Gasteiger partial charge on any atom is -0.480 e. The minimum absolute atomic E-state index is 0.0706. The molecule has 0 spiro atoms. The molecule has 14 heteroatoms. The summed E-state index contributed by atoms with van der Waals surface area (Å²) in [5.41, 5.74) is -0.858. The van der Waals surface area contributed by atoms with Crippen LogP contribution in [0.5, 0.6) is 0 Å². The number of nitrogens with one attached hydrogen (secondary N) is 2. The van der Waals surface area contributed by atoms with Crippen molar-refractivity contribution in [3.8, 4) is 0 Å². The number of hydrogen-bond donors (Lipinski definition) is 3. The number of aliphatic carboxylic acids is 1. The Kier molecular flexibility index (Phi) is 11.8. The lowest BCUT2D eigenvalue weighted by molar-refractivity contribution is -0.224. The first-order chi connectivity index (χ1) is 17.0. The van der Waals surface area contributed by atoms with Crippen LogP contribution in [0.1, 0.15) is 61.3 Å². The van der Waals surface area contributed by atoms with Gasteiger partial charge in [0.15, 0.2) is 12.2 Å². The molecule has 0 aromatic heterocycles. The SMILES string of the molecule is CC(=O)N[C@@H]1[C@@H](OC(C)=O)[C@@H](OC(C)=O)[C@@H](COC(C)=O)O[C@H]1CC[C@H](NC(=O)OC(C)(C)C)C(=O)O. The molecule has 1 rings (SSSR count). The van der Waals surface area contributed by atoms with Crippen molar-refractivity contribution in [1.82, 2.24) is 10.6 Å². The van der Waals surface area contributed by atoms with Gasteiger partial charge in [0.25, 0.3) is 0 Å². The van der Waals surface area contributed by atoms with Gasteiger partial charge in [-0.05, 0) is 33.6 Å². The molecule has 0 aromatic rings. The second-order valence-electron chi connectivity index (χ2n) is 9.50. The van der Waals surface area contributed by atoms with E-state index in [1.807, 2.05) is 0 Å². The Hall–Kier alpha value is -3.42. The van der Waals surface area contributed by atoms with E-state index in [0.717, 1.165) is 20.8 Å². The molecule has 37 heavy (non-hydrogen) atoms. The van der Waals surface area contributed by atoms with E-state index in [4.69, 9.17) is 23.7 Å². The maximum Gasteiger partial charge on any atom is 0.408 e. The van der Waals surface area contributed by atoms with Crippen LogP contribution in [0, 0.1) is 0 Å². The van der Waals surface area contributed by atoms with Crippen LogP contribution >= 0.6 is 0 Å². The highest BCUT2D eigenvalue weighted by molar-refractivity contribution is 5.80. The first-order valence-electron chi connectivity index (χ1n) is 11.6. The molecule has 0 aliphatic carbocycles. The monoisotopic (exact) mass is 532 g/mol. The Morgan fingerprint density at radius 2 is 1.46 bits per heavy atom. The van der Waals surface area contributed by atoms with Crippen molar-refractivity contribution in [3.63, 3.8) is 0 Å². The summed E-state index contributed by atoms with van der Waals surface area (Å²) in [6, 6.07) is -2.46. The molecule has 210 valence electrons. The van der Waals surface area contributed by atoms with E-state index in [0.29, 0.717) is 0 Å². The Balaban J connectivity index is 3.27. The van der Waals surface area contributed by atoms with Crippen LogP contribution in [-0.4, -0.2) is 89.7 Å². The number of carboxylic acids is 1. The van der Waals surface area contributed by atoms with Crippen LogP contribution in [0.25, 0.3) is 0 Å². The lowest BCUT2D eigenvalue weighted by Gasteiger charge is -2.45. The predicted molar refractivity (Wildman–Crippen MR) is 124 cm³/mol. The lowest BCUT2D eigenvalue weighted by atomic mass is 9.89. The van der Waals surface area contributed by atoms with Crippen molar-refractivity contribution in [2.75, 3.05) is 6.61 Å². The average molecular weight is 533 g/mol. The van der Waals surface area contributed by atoms with Gasteiger partial charge in [-0.15, -0.1) is 0 Å². The molecule has 2 amide bonds. The average Bonchev–Trinajstić information content (AvgIpc) is 2.70. The van der Waals surface area contributed by atoms with Crippen molar-refractivity contribution in [1.29, 1.82) is 0 Å². The lowest BCUT2D eigenvalue weighted by Crippen LogP contribution is -2.66. The summed E-state index contributed by atoms with van der Waals surface area (Å²) in [6.45, 7) is 9.07. The largest absolute Gasteiger partial charge is 0.480 e. The molecule has 3 N–H and O–H groups in total.